The third kappa shape index (κ3) is 3.83. The first kappa shape index (κ1) is 20.9. The van der Waals surface area contributed by atoms with E-state index in [1.165, 1.54) is 5.56 Å². The van der Waals surface area contributed by atoms with E-state index in [2.05, 4.69) is 5.32 Å². The number of aromatic hydroxyl groups is 1. The number of phenols is 1. The highest BCUT2D eigenvalue weighted by Crippen LogP contribution is 2.51. The van der Waals surface area contributed by atoms with Crippen LogP contribution >= 0.6 is 0 Å². The minimum Gasteiger partial charge on any atom is -0.508 e. The number of phenolic OH excluding ortho intramolecular Hbond substituents is 1. The van der Waals surface area contributed by atoms with E-state index in [1.807, 2.05) is 26.0 Å². The maximum absolute atomic E-state index is 14.1. The van der Waals surface area contributed by atoms with Crippen LogP contribution in [-0.4, -0.2) is 42.1 Å². The smallest absolute Gasteiger partial charge is 0.253 e. The van der Waals surface area contributed by atoms with Crippen LogP contribution in [0, 0.1) is 11.2 Å². The lowest BCUT2D eigenvalue weighted by molar-refractivity contribution is 0.0772. The molecule has 0 radical (unpaired) electrons. The fraction of sp³-hybridized carbons (Fsp3) is 0.480. The van der Waals surface area contributed by atoms with Crippen LogP contribution in [0.1, 0.15) is 66.1 Å². The molecule has 1 amide bonds. The molecule has 0 saturated carbocycles. The van der Waals surface area contributed by atoms with Gasteiger partial charge in [0, 0.05) is 30.1 Å². The van der Waals surface area contributed by atoms with Crippen LogP contribution in [0.4, 0.5) is 4.39 Å². The lowest BCUT2D eigenvalue weighted by Gasteiger charge is -2.45. The second kappa shape index (κ2) is 8.38. The van der Waals surface area contributed by atoms with Gasteiger partial charge in [0.1, 0.15) is 11.6 Å². The van der Waals surface area contributed by atoms with Crippen molar-refractivity contribution in [3.8, 4) is 5.75 Å². The van der Waals surface area contributed by atoms with Gasteiger partial charge >= 0.3 is 0 Å². The maximum Gasteiger partial charge on any atom is 0.253 e. The molecular weight excluding hydrogens is 379 g/mol. The standard InChI is InChI=1S/C25H31FN2O2/c1-3-28(4-2)24(30)17-6-8-20(23(29)13-17)22-16-25(9-11-27-12-10-25)15-18-5-7-19(26)14-21(18)22/h5-8,13-14,22,27,29H,3-4,9-12,15-16H2,1-2H3. The van der Waals surface area contributed by atoms with Crippen molar-refractivity contribution in [1.82, 2.24) is 10.2 Å². The summed E-state index contributed by atoms with van der Waals surface area (Å²) < 4.78 is 14.1. The summed E-state index contributed by atoms with van der Waals surface area (Å²) in [5.41, 5.74) is 3.60. The van der Waals surface area contributed by atoms with Crippen LogP contribution in [0.5, 0.6) is 5.75 Å². The van der Waals surface area contributed by atoms with Gasteiger partial charge in [-0.2, -0.15) is 0 Å². The molecule has 1 atom stereocenters. The Bertz CT molecular complexity index is 933. The number of nitrogens with one attached hydrogen (secondary N) is 1. The quantitative estimate of drug-likeness (QED) is 0.782. The summed E-state index contributed by atoms with van der Waals surface area (Å²) >= 11 is 0. The monoisotopic (exact) mass is 410 g/mol. The minimum absolute atomic E-state index is 0.0693. The van der Waals surface area contributed by atoms with Gasteiger partial charge in [-0.05, 0) is 93.4 Å². The highest BCUT2D eigenvalue weighted by atomic mass is 19.1. The first-order valence-corrected chi connectivity index (χ1v) is 11.1. The molecule has 4 rings (SSSR count). The summed E-state index contributed by atoms with van der Waals surface area (Å²) in [7, 11) is 0. The first-order chi connectivity index (χ1) is 14.5. The summed E-state index contributed by atoms with van der Waals surface area (Å²) in [5, 5.41) is 14.4. The largest absolute Gasteiger partial charge is 0.508 e. The van der Waals surface area contributed by atoms with Gasteiger partial charge in [0.25, 0.3) is 5.91 Å². The van der Waals surface area contributed by atoms with Crippen LogP contribution < -0.4 is 5.32 Å². The fourth-order valence-corrected chi connectivity index (χ4v) is 5.35. The van der Waals surface area contributed by atoms with Gasteiger partial charge in [-0.3, -0.25) is 4.79 Å². The number of amides is 1. The molecule has 160 valence electrons. The van der Waals surface area contributed by atoms with Crippen molar-refractivity contribution >= 4 is 5.91 Å². The van der Waals surface area contributed by atoms with E-state index in [0.29, 0.717) is 18.7 Å². The third-order valence-corrected chi connectivity index (χ3v) is 7.05. The third-order valence-electron chi connectivity index (χ3n) is 7.05. The van der Waals surface area contributed by atoms with Crippen molar-refractivity contribution in [3.05, 3.63) is 64.5 Å². The zero-order valence-electron chi connectivity index (χ0n) is 17.9. The number of halogens is 1. The number of fused-ring (bicyclic) bond motifs is 1. The van der Waals surface area contributed by atoms with E-state index in [0.717, 1.165) is 49.9 Å². The SMILES string of the molecule is CCN(CC)C(=O)c1ccc(C2CC3(CCNCC3)Cc3ccc(F)cc32)c(O)c1. The molecule has 2 aliphatic rings. The lowest BCUT2D eigenvalue weighted by atomic mass is 9.61. The average Bonchev–Trinajstić information content (AvgIpc) is 2.75. The number of nitrogens with zero attached hydrogens (tertiary/aromatic N) is 1. The van der Waals surface area contributed by atoms with Crippen molar-refractivity contribution in [2.45, 2.75) is 45.4 Å². The zero-order chi connectivity index (χ0) is 21.3. The highest BCUT2D eigenvalue weighted by molar-refractivity contribution is 5.94. The van der Waals surface area contributed by atoms with Gasteiger partial charge in [0.05, 0.1) is 0 Å². The second-order valence-corrected chi connectivity index (χ2v) is 8.78. The summed E-state index contributed by atoms with van der Waals surface area (Å²) in [6, 6.07) is 10.3. The molecule has 1 saturated heterocycles. The van der Waals surface area contributed by atoms with Crippen molar-refractivity contribution in [1.29, 1.82) is 0 Å². The molecule has 2 N–H and O–H groups in total. The van der Waals surface area contributed by atoms with Crippen molar-refractivity contribution in [2.75, 3.05) is 26.2 Å². The molecule has 0 bridgehead atoms. The Morgan fingerprint density at radius 3 is 2.53 bits per heavy atom. The molecule has 1 aliphatic heterocycles. The molecule has 5 heteroatoms. The van der Waals surface area contributed by atoms with E-state index in [9.17, 15) is 14.3 Å². The van der Waals surface area contributed by atoms with Gasteiger partial charge in [-0.15, -0.1) is 0 Å². The number of benzene rings is 2. The summed E-state index contributed by atoms with van der Waals surface area (Å²) in [4.78, 5) is 14.4. The zero-order valence-corrected chi connectivity index (χ0v) is 17.9. The number of carbonyl (C=O) groups excluding carboxylic acids is 1. The number of rotatable bonds is 4. The van der Waals surface area contributed by atoms with Gasteiger partial charge in [0.15, 0.2) is 0 Å². The van der Waals surface area contributed by atoms with Gasteiger partial charge in [-0.25, -0.2) is 4.39 Å². The molecule has 1 fully saturated rings. The Morgan fingerprint density at radius 2 is 1.87 bits per heavy atom. The Hall–Kier alpha value is -2.40. The lowest BCUT2D eigenvalue weighted by Crippen LogP contribution is -2.41. The second-order valence-electron chi connectivity index (χ2n) is 8.78. The topological polar surface area (TPSA) is 52.6 Å². The predicted molar refractivity (Wildman–Crippen MR) is 116 cm³/mol. The number of piperidine rings is 1. The van der Waals surface area contributed by atoms with Crippen LogP contribution in [0.25, 0.3) is 0 Å². The highest BCUT2D eigenvalue weighted by Gasteiger charge is 2.41. The maximum atomic E-state index is 14.1. The molecular formula is C25H31FN2O2. The minimum atomic E-state index is -0.243. The van der Waals surface area contributed by atoms with E-state index in [1.54, 1.807) is 29.2 Å². The van der Waals surface area contributed by atoms with E-state index in [-0.39, 0.29) is 28.8 Å². The van der Waals surface area contributed by atoms with Gasteiger partial charge in [-0.1, -0.05) is 12.1 Å². The molecule has 0 aromatic heterocycles. The van der Waals surface area contributed by atoms with Crippen molar-refractivity contribution < 1.29 is 14.3 Å². The van der Waals surface area contributed by atoms with Crippen LogP contribution in [-0.2, 0) is 6.42 Å². The number of hydrogen-bond donors (Lipinski definition) is 2. The Kier molecular flexibility index (Phi) is 5.83. The predicted octanol–water partition coefficient (Wildman–Crippen LogP) is 4.46. The van der Waals surface area contributed by atoms with Gasteiger partial charge in [0.2, 0.25) is 0 Å². The molecule has 30 heavy (non-hydrogen) atoms. The van der Waals surface area contributed by atoms with E-state index in [4.69, 9.17) is 0 Å². The fourth-order valence-electron chi connectivity index (χ4n) is 5.35. The van der Waals surface area contributed by atoms with Crippen molar-refractivity contribution in [2.24, 2.45) is 5.41 Å². The molecule has 1 spiro atoms. The molecule has 2 aromatic carbocycles. The Balaban J connectivity index is 1.73. The molecule has 4 nitrogen and oxygen atoms in total. The van der Waals surface area contributed by atoms with Crippen LogP contribution in [0.15, 0.2) is 36.4 Å². The Labute approximate surface area is 178 Å². The molecule has 1 aliphatic carbocycles. The van der Waals surface area contributed by atoms with E-state index >= 15 is 0 Å². The normalized spacial score (nSPS) is 20.0. The number of hydrogen-bond acceptors (Lipinski definition) is 3. The van der Waals surface area contributed by atoms with Gasteiger partial charge < -0.3 is 15.3 Å². The van der Waals surface area contributed by atoms with Crippen molar-refractivity contribution in [3.63, 3.8) is 0 Å². The summed E-state index contributed by atoms with van der Waals surface area (Å²) in [6.07, 6.45) is 4.02. The van der Waals surface area contributed by atoms with Crippen LogP contribution in [0.3, 0.4) is 0 Å². The molecule has 2 aromatic rings. The van der Waals surface area contributed by atoms with E-state index < -0.39 is 0 Å². The molecule has 1 unspecified atom stereocenters. The summed E-state index contributed by atoms with van der Waals surface area (Å²) in [6.45, 7) is 7.13. The van der Waals surface area contributed by atoms with Crippen LogP contribution in [0.2, 0.25) is 0 Å². The summed E-state index contributed by atoms with van der Waals surface area (Å²) in [5.74, 6) is -0.265. The Morgan fingerprint density at radius 1 is 1.13 bits per heavy atom. The molecule has 1 heterocycles. The average molecular weight is 411 g/mol. The first-order valence-electron chi connectivity index (χ1n) is 11.1. The number of carbonyl (C=O) groups is 1.